The molecule has 0 radical (unpaired) electrons. The molecule has 2 aliphatic rings. The topological polar surface area (TPSA) is 102 Å². The number of rotatable bonds is 7. The number of nitrogens with one attached hydrogen (secondary N) is 2. The summed E-state index contributed by atoms with van der Waals surface area (Å²) in [6, 6.07) is 4.47. The van der Waals surface area contributed by atoms with Gasteiger partial charge in [0.05, 0.1) is 29.9 Å². The Labute approximate surface area is 261 Å². The standard InChI is InChI=1S/C30H25F9N6O2/c1-14(9-28(2,32)33)19-8-17(31)4-5-18(19)23-25(47)45(27(40)43-23)11-15-3-6-21(29(34,35)36)20(7-15)24(46)44-12-16-10-41-26(30(37,38)39)42-22(16)13-44/h3-8,10,14,23H,9,11-13H2,1-2H3,(H2,40,43)/t14?,23-/m1/s1. The predicted molar refractivity (Wildman–Crippen MR) is 146 cm³/mol. The Morgan fingerprint density at radius 3 is 2.38 bits per heavy atom. The van der Waals surface area contributed by atoms with E-state index in [-0.39, 0.29) is 34.5 Å². The van der Waals surface area contributed by atoms with E-state index in [9.17, 15) is 49.1 Å². The molecule has 5 rings (SSSR count). The molecule has 3 aromatic rings. The van der Waals surface area contributed by atoms with Crippen molar-refractivity contribution in [2.24, 2.45) is 0 Å². The molecule has 2 atom stereocenters. The second-order valence-corrected chi connectivity index (χ2v) is 11.5. The van der Waals surface area contributed by atoms with E-state index in [0.717, 1.165) is 40.3 Å². The average molecular weight is 673 g/mol. The van der Waals surface area contributed by atoms with Crippen molar-refractivity contribution in [3.63, 3.8) is 0 Å². The zero-order valence-electron chi connectivity index (χ0n) is 24.5. The van der Waals surface area contributed by atoms with Gasteiger partial charge in [0.25, 0.3) is 11.8 Å². The van der Waals surface area contributed by atoms with Crippen LogP contribution in [0.5, 0.6) is 0 Å². The minimum Gasteiger partial charge on any atom is -0.340 e. The van der Waals surface area contributed by atoms with Crippen molar-refractivity contribution < 1.29 is 49.1 Å². The summed E-state index contributed by atoms with van der Waals surface area (Å²) in [7, 11) is 0. The van der Waals surface area contributed by atoms with Gasteiger partial charge in [-0.1, -0.05) is 19.1 Å². The Morgan fingerprint density at radius 2 is 1.74 bits per heavy atom. The molecule has 0 bridgehead atoms. The number of hydrogen-bond donors (Lipinski definition) is 2. The molecule has 0 aliphatic carbocycles. The van der Waals surface area contributed by atoms with E-state index >= 15 is 0 Å². The molecule has 17 heteroatoms. The molecule has 1 aromatic heterocycles. The lowest BCUT2D eigenvalue weighted by atomic mass is 9.88. The van der Waals surface area contributed by atoms with Gasteiger partial charge < -0.3 is 10.2 Å². The number of halogens is 9. The van der Waals surface area contributed by atoms with Gasteiger partial charge in [-0.25, -0.2) is 23.1 Å². The van der Waals surface area contributed by atoms with Crippen molar-refractivity contribution in [1.29, 1.82) is 5.41 Å². The Hall–Kier alpha value is -4.70. The molecule has 0 saturated carbocycles. The fourth-order valence-corrected chi connectivity index (χ4v) is 5.69. The van der Waals surface area contributed by atoms with Gasteiger partial charge in [-0.2, -0.15) is 26.3 Å². The first-order valence-corrected chi connectivity index (χ1v) is 14.0. The number of carbonyl (C=O) groups is 2. The lowest BCUT2D eigenvalue weighted by molar-refractivity contribution is -0.145. The van der Waals surface area contributed by atoms with E-state index in [1.54, 1.807) is 0 Å². The fraction of sp³-hybridized carbons (Fsp3) is 0.367. The first-order chi connectivity index (χ1) is 21.7. The summed E-state index contributed by atoms with van der Waals surface area (Å²) in [6.07, 6.45) is -9.69. The van der Waals surface area contributed by atoms with Crippen LogP contribution in [0.4, 0.5) is 39.5 Å². The van der Waals surface area contributed by atoms with Crippen LogP contribution >= 0.6 is 0 Å². The van der Waals surface area contributed by atoms with Crippen LogP contribution in [-0.4, -0.2) is 43.5 Å². The second kappa shape index (κ2) is 11.8. The molecule has 1 unspecified atom stereocenters. The van der Waals surface area contributed by atoms with Gasteiger partial charge in [-0.15, -0.1) is 0 Å². The van der Waals surface area contributed by atoms with Crippen LogP contribution < -0.4 is 5.32 Å². The molecule has 8 nitrogen and oxygen atoms in total. The smallest absolute Gasteiger partial charge is 0.340 e. The molecule has 1 saturated heterocycles. The lowest BCUT2D eigenvalue weighted by Crippen LogP contribution is -2.32. The Kier molecular flexibility index (Phi) is 8.47. The average Bonchev–Trinajstić information content (AvgIpc) is 3.51. The number of amides is 2. The zero-order valence-corrected chi connectivity index (χ0v) is 24.5. The van der Waals surface area contributed by atoms with Crippen molar-refractivity contribution in [1.82, 2.24) is 25.1 Å². The number of benzene rings is 2. The maximum absolute atomic E-state index is 14.1. The third-order valence-electron chi connectivity index (χ3n) is 7.78. The highest BCUT2D eigenvalue weighted by Gasteiger charge is 2.42. The molecule has 0 spiro atoms. The van der Waals surface area contributed by atoms with E-state index in [4.69, 9.17) is 5.41 Å². The maximum Gasteiger partial charge on any atom is 0.451 e. The monoisotopic (exact) mass is 672 g/mol. The first kappa shape index (κ1) is 33.7. The molecule has 3 heterocycles. The summed E-state index contributed by atoms with van der Waals surface area (Å²) in [5.41, 5.74) is -1.99. The molecule has 2 aliphatic heterocycles. The number of guanidine groups is 1. The molecule has 2 amide bonds. The number of fused-ring (bicyclic) bond motifs is 1. The van der Waals surface area contributed by atoms with Gasteiger partial charge in [-0.05, 0) is 53.8 Å². The fourth-order valence-electron chi connectivity index (χ4n) is 5.69. The molecule has 1 fully saturated rings. The maximum atomic E-state index is 14.1. The molecule has 2 aromatic carbocycles. The van der Waals surface area contributed by atoms with Gasteiger partial charge >= 0.3 is 12.4 Å². The summed E-state index contributed by atoms with van der Waals surface area (Å²) in [5.74, 6) is -8.62. The summed E-state index contributed by atoms with van der Waals surface area (Å²) >= 11 is 0. The highest BCUT2D eigenvalue weighted by Crippen LogP contribution is 2.38. The van der Waals surface area contributed by atoms with Gasteiger partial charge in [0.1, 0.15) is 11.9 Å². The van der Waals surface area contributed by atoms with Gasteiger partial charge in [0.15, 0.2) is 5.96 Å². The number of carbonyl (C=O) groups excluding carboxylic acids is 2. The molecular formula is C30H25F9N6O2. The van der Waals surface area contributed by atoms with Crippen molar-refractivity contribution in [2.45, 2.75) is 70.1 Å². The summed E-state index contributed by atoms with van der Waals surface area (Å²) in [6.45, 7) is 0.781. The van der Waals surface area contributed by atoms with Crippen LogP contribution in [0.15, 0.2) is 42.6 Å². The molecule has 250 valence electrons. The highest BCUT2D eigenvalue weighted by molar-refractivity contribution is 6.05. The van der Waals surface area contributed by atoms with E-state index in [1.807, 2.05) is 0 Å². The van der Waals surface area contributed by atoms with Crippen LogP contribution in [0.3, 0.4) is 0 Å². The SMILES string of the molecule is CC(CC(C)(F)F)c1cc(F)ccc1[C@H]1NC(=N)N(Cc2ccc(C(F)(F)F)c(C(=O)N3Cc4cnc(C(F)(F)F)nc4C3)c2)C1=O. The van der Waals surface area contributed by atoms with Crippen molar-refractivity contribution in [3.8, 4) is 0 Å². The predicted octanol–water partition coefficient (Wildman–Crippen LogP) is 6.57. The van der Waals surface area contributed by atoms with Crippen LogP contribution in [0.25, 0.3) is 0 Å². The Bertz CT molecular complexity index is 1750. The summed E-state index contributed by atoms with van der Waals surface area (Å²) < 4.78 is 123. The van der Waals surface area contributed by atoms with Crippen molar-refractivity contribution in [3.05, 3.63) is 93.3 Å². The number of nitrogens with zero attached hydrogens (tertiary/aromatic N) is 4. The third kappa shape index (κ3) is 7.02. The van der Waals surface area contributed by atoms with Crippen LogP contribution in [0.1, 0.15) is 81.9 Å². The number of alkyl halides is 8. The minimum atomic E-state index is -5.01. The van der Waals surface area contributed by atoms with E-state index in [2.05, 4.69) is 15.3 Å². The number of hydrogen-bond acceptors (Lipinski definition) is 5. The minimum absolute atomic E-state index is 0.00363. The van der Waals surface area contributed by atoms with E-state index in [0.29, 0.717) is 13.0 Å². The quantitative estimate of drug-likeness (QED) is 0.277. The highest BCUT2D eigenvalue weighted by atomic mass is 19.4. The van der Waals surface area contributed by atoms with Crippen LogP contribution in [0.2, 0.25) is 0 Å². The van der Waals surface area contributed by atoms with Crippen LogP contribution in [0, 0.1) is 11.2 Å². The normalized spacial score (nSPS) is 17.6. The molecular weight excluding hydrogens is 647 g/mol. The van der Waals surface area contributed by atoms with Gasteiger partial charge in [-0.3, -0.25) is 19.9 Å². The van der Waals surface area contributed by atoms with Crippen molar-refractivity contribution in [2.75, 3.05) is 0 Å². The van der Waals surface area contributed by atoms with Gasteiger partial charge in [0, 0.05) is 24.7 Å². The molecule has 47 heavy (non-hydrogen) atoms. The van der Waals surface area contributed by atoms with E-state index < -0.39 is 90.3 Å². The van der Waals surface area contributed by atoms with Crippen molar-refractivity contribution >= 4 is 17.8 Å². The summed E-state index contributed by atoms with van der Waals surface area (Å²) in [5, 5.41) is 10.9. The van der Waals surface area contributed by atoms with Crippen LogP contribution in [-0.2, 0) is 36.8 Å². The lowest BCUT2D eigenvalue weighted by Gasteiger charge is -2.22. The summed E-state index contributed by atoms with van der Waals surface area (Å²) in [4.78, 5) is 35.2. The van der Waals surface area contributed by atoms with E-state index in [1.165, 1.54) is 13.0 Å². The Balaban J connectivity index is 1.41. The Morgan fingerprint density at radius 1 is 1.04 bits per heavy atom. The second-order valence-electron chi connectivity index (χ2n) is 11.5. The first-order valence-electron chi connectivity index (χ1n) is 14.0. The van der Waals surface area contributed by atoms with Gasteiger partial charge in [0.2, 0.25) is 11.7 Å². The largest absolute Gasteiger partial charge is 0.451 e. The number of aromatic nitrogens is 2. The third-order valence-corrected chi connectivity index (χ3v) is 7.78. The zero-order chi connectivity index (χ0) is 34.6. The molecule has 2 N–H and O–H groups in total.